The van der Waals surface area contributed by atoms with Crippen molar-refractivity contribution in [1.82, 2.24) is 0 Å². The molecule has 0 aromatic heterocycles. The molecule has 84 valence electrons. The second kappa shape index (κ2) is 5.95. The summed E-state index contributed by atoms with van der Waals surface area (Å²) in [5, 5.41) is 0. The van der Waals surface area contributed by atoms with Gasteiger partial charge in [0, 0.05) is 0 Å². The average Bonchev–Trinajstić information content (AvgIpc) is 2.42. The van der Waals surface area contributed by atoms with E-state index < -0.39 is 0 Å². The first-order chi connectivity index (χ1) is 7.25. The van der Waals surface area contributed by atoms with Gasteiger partial charge in [-0.05, 0) is 43.2 Å². The Morgan fingerprint density at radius 1 is 1.13 bits per heavy atom. The third-order valence-electron chi connectivity index (χ3n) is 3.07. The molecule has 1 aliphatic rings. The van der Waals surface area contributed by atoms with E-state index in [1.165, 1.54) is 31.2 Å². The minimum absolute atomic E-state index is 0.879. The second-order valence-corrected chi connectivity index (χ2v) is 4.47. The SMILES string of the molecule is CC.Cc1ccc2c(c1)CCCC(C)C2. The maximum atomic E-state index is 2.37. The van der Waals surface area contributed by atoms with E-state index >= 15 is 0 Å². The van der Waals surface area contributed by atoms with Gasteiger partial charge in [-0.15, -0.1) is 0 Å². The van der Waals surface area contributed by atoms with Gasteiger partial charge in [-0.3, -0.25) is 0 Å². The summed E-state index contributed by atoms with van der Waals surface area (Å²) in [7, 11) is 0. The van der Waals surface area contributed by atoms with Crippen LogP contribution >= 0.6 is 0 Å². The van der Waals surface area contributed by atoms with E-state index in [9.17, 15) is 0 Å². The van der Waals surface area contributed by atoms with Crippen molar-refractivity contribution in [3.63, 3.8) is 0 Å². The Bertz CT molecular complexity index is 299. The Labute approximate surface area is 94.7 Å². The third-order valence-corrected chi connectivity index (χ3v) is 3.07. The van der Waals surface area contributed by atoms with Gasteiger partial charge in [-0.25, -0.2) is 0 Å². The van der Waals surface area contributed by atoms with Crippen LogP contribution < -0.4 is 0 Å². The van der Waals surface area contributed by atoms with Crippen LogP contribution in [0.4, 0.5) is 0 Å². The Morgan fingerprint density at radius 2 is 1.87 bits per heavy atom. The van der Waals surface area contributed by atoms with Gasteiger partial charge in [0.1, 0.15) is 0 Å². The van der Waals surface area contributed by atoms with E-state index in [2.05, 4.69) is 32.0 Å². The lowest BCUT2D eigenvalue weighted by molar-refractivity contribution is 0.526. The predicted octanol–water partition coefficient (Wildman–Crippen LogP) is 4.54. The molecule has 0 N–H and O–H groups in total. The number of benzene rings is 1. The quantitative estimate of drug-likeness (QED) is 0.544. The van der Waals surface area contributed by atoms with Crippen molar-refractivity contribution in [1.29, 1.82) is 0 Å². The van der Waals surface area contributed by atoms with Gasteiger partial charge >= 0.3 is 0 Å². The van der Waals surface area contributed by atoms with Gasteiger partial charge in [0.15, 0.2) is 0 Å². The van der Waals surface area contributed by atoms with E-state index in [-0.39, 0.29) is 0 Å². The first-order valence-corrected chi connectivity index (χ1v) is 6.34. The molecule has 1 aromatic carbocycles. The molecule has 0 nitrogen and oxygen atoms in total. The molecule has 0 saturated heterocycles. The maximum absolute atomic E-state index is 2.37. The van der Waals surface area contributed by atoms with Crippen LogP contribution in [0.15, 0.2) is 18.2 Å². The van der Waals surface area contributed by atoms with Crippen LogP contribution in [0.5, 0.6) is 0 Å². The monoisotopic (exact) mass is 204 g/mol. The van der Waals surface area contributed by atoms with E-state index in [1.54, 1.807) is 11.1 Å². The molecule has 0 aliphatic heterocycles. The lowest BCUT2D eigenvalue weighted by atomic mass is 9.97. The molecule has 0 amide bonds. The molecule has 0 heterocycles. The van der Waals surface area contributed by atoms with Crippen LogP contribution in [-0.2, 0) is 12.8 Å². The Morgan fingerprint density at radius 3 is 2.60 bits per heavy atom. The Kier molecular flexibility index (Phi) is 4.87. The molecule has 2 rings (SSSR count). The van der Waals surface area contributed by atoms with Crippen molar-refractivity contribution < 1.29 is 0 Å². The molecular weight excluding hydrogens is 180 g/mol. The molecule has 1 unspecified atom stereocenters. The zero-order valence-corrected chi connectivity index (χ0v) is 10.6. The number of rotatable bonds is 0. The van der Waals surface area contributed by atoms with Gasteiger partial charge in [0.2, 0.25) is 0 Å². The minimum Gasteiger partial charge on any atom is -0.0683 e. The highest BCUT2D eigenvalue weighted by molar-refractivity contribution is 5.32. The average molecular weight is 204 g/mol. The number of aryl methyl sites for hydroxylation is 2. The summed E-state index contributed by atoms with van der Waals surface area (Å²) in [6, 6.07) is 6.94. The molecule has 0 spiro atoms. The fourth-order valence-electron chi connectivity index (χ4n) is 2.31. The standard InChI is InChI=1S/C13H18.C2H6/c1-10-4-3-5-12-9-11(2)6-7-13(12)8-10;1-2/h6-7,9-10H,3-5,8H2,1-2H3;1-2H3. The fourth-order valence-corrected chi connectivity index (χ4v) is 2.31. The molecule has 0 bridgehead atoms. The highest BCUT2D eigenvalue weighted by Gasteiger charge is 2.12. The number of hydrogen-bond acceptors (Lipinski definition) is 0. The van der Waals surface area contributed by atoms with E-state index in [0.717, 1.165) is 5.92 Å². The summed E-state index contributed by atoms with van der Waals surface area (Å²) in [5.41, 5.74) is 4.60. The van der Waals surface area contributed by atoms with Gasteiger partial charge in [-0.1, -0.05) is 51.0 Å². The van der Waals surface area contributed by atoms with Gasteiger partial charge in [-0.2, -0.15) is 0 Å². The first kappa shape index (κ1) is 12.3. The third kappa shape index (κ3) is 3.37. The van der Waals surface area contributed by atoms with Crippen molar-refractivity contribution in [3.05, 3.63) is 34.9 Å². The van der Waals surface area contributed by atoms with E-state index in [1.807, 2.05) is 13.8 Å². The van der Waals surface area contributed by atoms with Crippen LogP contribution in [0.2, 0.25) is 0 Å². The Balaban J connectivity index is 0.000000531. The molecular formula is C15H24. The number of hydrogen-bond donors (Lipinski definition) is 0. The highest BCUT2D eigenvalue weighted by atomic mass is 14.2. The zero-order chi connectivity index (χ0) is 11.3. The molecule has 0 heteroatoms. The van der Waals surface area contributed by atoms with Gasteiger partial charge in [0.25, 0.3) is 0 Å². The van der Waals surface area contributed by atoms with Crippen molar-refractivity contribution in [2.45, 2.75) is 53.4 Å². The smallest absolute Gasteiger partial charge is 0.0250 e. The summed E-state index contributed by atoms with van der Waals surface area (Å²) in [6.07, 6.45) is 5.35. The summed E-state index contributed by atoms with van der Waals surface area (Å²) in [4.78, 5) is 0. The Hall–Kier alpha value is -0.780. The number of fused-ring (bicyclic) bond motifs is 1. The maximum Gasteiger partial charge on any atom is -0.0250 e. The molecule has 15 heavy (non-hydrogen) atoms. The normalized spacial score (nSPS) is 19.6. The van der Waals surface area contributed by atoms with Crippen LogP contribution in [0.1, 0.15) is 50.3 Å². The second-order valence-electron chi connectivity index (χ2n) is 4.47. The molecule has 1 aromatic rings. The van der Waals surface area contributed by atoms with Crippen LogP contribution in [0.25, 0.3) is 0 Å². The van der Waals surface area contributed by atoms with Crippen molar-refractivity contribution in [3.8, 4) is 0 Å². The van der Waals surface area contributed by atoms with E-state index in [0.29, 0.717) is 0 Å². The lowest BCUT2D eigenvalue weighted by Gasteiger charge is -2.08. The van der Waals surface area contributed by atoms with Gasteiger partial charge < -0.3 is 0 Å². The van der Waals surface area contributed by atoms with Crippen LogP contribution in [-0.4, -0.2) is 0 Å². The van der Waals surface area contributed by atoms with Crippen molar-refractivity contribution in [2.75, 3.05) is 0 Å². The summed E-state index contributed by atoms with van der Waals surface area (Å²) < 4.78 is 0. The predicted molar refractivity (Wildman–Crippen MR) is 68.3 cm³/mol. The fraction of sp³-hybridized carbons (Fsp3) is 0.600. The summed E-state index contributed by atoms with van der Waals surface area (Å²) in [6.45, 7) is 8.56. The van der Waals surface area contributed by atoms with Crippen LogP contribution in [0.3, 0.4) is 0 Å². The van der Waals surface area contributed by atoms with Crippen molar-refractivity contribution in [2.24, 2.45) is 5.92 Å². The molecule has 1 atom stereocenters. The lowest BCUT2D eigenvalue weighted by Crippen LogP contribution is -1.97. The van der Waals surface area contributed by atoms with Crippen LogP contribution in [0, 0.1) is 12.8 Å². The molecule has 0 saturated carbocycles. The summed E-state index contributed by atoms with van der Waals surface area (Å²) >= 11 is 0. The molecule has 0 fully saturated rings. The molecule has 1 aliphatic carbocycles. The van der Waals surface area contributed by atoms with Crippen molar-refractivity contribution >= 4 is 0 Å². The summed E-state index contributed by atoms with van der Waals surface area (Å²) in [5.74, 6) is 0.879. The largest absolute Gasteiger partial charge is 0.0683 e. The highest BCUT2D eigenvalue weighted by Crippen LogP contribution is 2.24. The first-order valence-electron chi connectivity index (χ1n) is 6.34. The molecule has 0 radical (unpaired) electrons. The zero-order valence-electron chi connectivity index (χ0n) is 10.6. The minimum atomic E-state index is 0.879. The van der Waals surface area contributed by atoms with E-state index in [4.69, 9.17) is 0 Å². The topological polar surface area (TPSA) is 0 Å². The van der Waals surface area contributed by atoms with Gasteiger partial charge in [0.05, 0.1) is 0 Å².